The van der Waals surface area contributed by atoms with E-state index in [4.69, 9.17) is 9.15 Å². The topological polar surface area (TPSA) is 34.4 Å². The van der Waals surface area contributed by atoms with Crippen molar-refractivity contribution in [2.75, 3.05) is 26.3 Å². The highest BCUT2D eigenvalue weighted by atomic mass is 16.5. The van der Waals surface area contributed by atoms with Crippen molar-refractivity contribution in [2.45, 2.75) is 18.3 Å². The molecule has 0 bridgehead atoms. The quantitative estimate of drug-likeness (QED) is 0.918. The van der Waals surface area contributed by atoms with Crippen molar-refractivity contribution >= 4 is 11.0 Å². The predicted molar refractivity (Wildman–Crippen MR) is 74.3 cm³/mol. The second-order valence-electron chi connectivity index (χ2n) is 5.98. The minimum Gasteiger partial charge on any atom is -0.464 e. The summed E-state index contributed by atoms with van der Waals surface area (Å²) >= 11 is 0. The lowest BCUT2D eigenvalue weighted by atomic mass is 9.72. The SMILES string of the molecule is c1ccc2c(C3(CC4CCNC4)COC3)coc2c1. The number of nitrogens with one attached hydrogen (secondary N) is 1. The van der Waals surface area contributed by atoms with Gasteiger partial charge in [-0.05, 0) is 37.9 Å². The predicted octanol–water partition coefficient (Wildman–Crippen LogP) is 2.70. The van der Waals surface area contributed by atoms with Gasteiger partial charge in [-0.1, -0.05) is 18.2 Å². The number of hydrogen-bond donors (Lipinski definition) is 1. The molecule has 2 aliphatic rings. The number of ether oxygens (including phenoxy) is 1. The second kappa shape index (κ2) is 4.36. The fourth-order valence-electron chi connectivity index (χ4n) is 3.56. The van der Waals surface area contributed by atoms with Crippen molar-refractivity contribution in [1.82, 2.24) is 5.32 Å². The molecule has 2 saturated heterocycles. The molecule has 3 heterocycles. The molecule has 1 atom stereocenters. The molecule has 2 fully saturated rings. The van der Waals surface area contributed by atoms with Crippen molar-refractivity contribution < 1.29 is 9.15 Å². The van der Waals surface area contributed by atoms with Crippen LogP contribution >= 0.6 is 0 Å². The monoisotopic (exact) mass is 257 g/mol. The Labute approximate surface area is 112 Å². The van der Waals surface area contributed by atoms with E-state index in [0.717, 1.165) is 37.8 Å². The molecular weight excluding hydrogens is 238 g/mol. The Kier molecular flexibility index (Phi) is 2.64. The molecule has 1 N–H and O–H groups in total. The van der Waals surface area contributed by atoms with Gasteiger partial charge in [0.25, 0.3) is 0 Å². The molecule has 2 aliphatic heterocycles. The van der Waals surface area contributed by atoms with Crippen LogP contribution in [-0.4, -0.2) is 26.3 Å². The van der Waals surface area contributed by atoms with Gasteiger partial charge in [0, 0.05) is 16.4 Å². The number of fused-ring (bicyclic) bond motifs is 1. The van der Waals surface area contributed by atoms with E-state index < -0.39 is 0 Å². The van der Waals surface area contributed by atoms with E-state index in [2.05, 4.69) is 17.4 Å². The van der Waals surface area contributed by atoms with E-state index in [-0.39, 0.29) is 5.41 Å². The third kappa shape index (κ3) is 1.80. The summed E-state index contributed by atoms with van der Waals surface area (Å²) in [6.07, 6.45) is 4.45. The van der Waals surface area contributed by atoms with Gasteiger partial charge >= 0.3 is 0 Å². The average Bonchev–Trinajstić information content (AvgIpc) is 3.03. The van der Waals surface area contributed by atoms with Gasteiger partial charge in [-0.3, -0.25) is 0 Å². The smallest absolute Gasteiger partial charge is 0.134 e. The average molecular weight is 257 g/mol. The van der Waals surface area contributed by atoms with Crippen LogP contribution in [0, 0.1) is 5.92 Å². The van der Waals surface area contributed by atoms with Gasteiger partial charge in [0.1, 0.15) is 5.58 Å². The first-order valence-corrected chi connectivity index (χ1v) is 7.13. The molecule has 3 nitrogen and oxygen atoms in total. The first-order valence-electron chi connectivity index (χ1n) is 7.13. The van der Waals surface area contributed by atoms with Crippen molar-refractivity contribution in [2.24, 2.45) is 5.92 Å². The lowest BCUT2D eigenvalue weighted by molar-refractivity contribution is -0.0701. The van der Waals surface area contributed by atoms with E-state index in [9.17, 15) is 0 Å². The number of furan rings is 1. The van der Waals surface area contributed by atoms with Crippen LogP contribution in [-0.2, 0) is 10.2 Å². The fourth-order valence-corrected chi connectivity index (χ4v) is 3.56. The van der Waals surface area contributed by atoms with Gasteiger partial charge in [-0.15, -0.1) is 0 Å². The van der Waals surface area contributed by atoms with Crippen LogP contribution in [0.15, 0.2) is 34.9 Å². The summed E-state index contributed by atoms with van der Waals surface area (Å²) in [5.41, 5.74) is 2.53. The maximum atomic E-state index is 5.72. The van der Waals surface area contributed by atoms with E-state index in [1.165, 1.54) is 23.8 Å². The summed E-state index contributed by atoms with van der Waals surface area (Å²) in [7, 11) is 0. The van der Waals surface area contributed by atoms with E-state index in [0.29, 0.717) is 0 Å². The van der Waals surface area contributed by atoms with Gasteiger partial charge in [0.05, 0.1) is 19.5 Å². The van der Waals surface area contributed by atoms with E-state index in [1.807, 2.05) is 18.4 Å². The molecule has 19 heavy (non-hydrogen) atoms. The summed E-state index contributed by atoms with van der Waals surface area (Å²) in [6, 6.07) is 8.33. The Hall–Kier alpha value is -1.32. The van der Waals surface area contributed by atoms with Crippen molar-refractivity contribution in [3.05, 3.63) is 36.1 Å². The number of para-hydroxylation sites is 1. The molecule has 1 aromatic heterocycles. The molecule has 1 unspecified atom stereocenters. The van der Waals surface area contributed by atoms with Crippen LogP contribution in [0.25, 0.3) is 11.0 Å². The zero-order valence-electron chi connectivity index (χ0n) is 11.0. The number of rotatable bonds is 3. The highest BCUT2D eigenvalue weighted by molar-refractivity contribution is 5.82. The molecule has 0 amide bonds. The van der Waals surface area contributed by atoms with Gasteiger partial charge < -0.3 is 14.5 Å². The molecule has 0 spiro atoms. The van der Waals surface area contributed by atoms with Gasteiger partial charge in [-0.25, -0.2) is 0 Å². The molecule has 0 radical (unpaired) electrons. The maximum absolute atomic E-state index is 5.72. The summed E-state index contributed by atoms with van der Waals surface area (Å²) in [5.74, 6) is 0.776. The van der Waals surface area contributed by atoms with Crippen LogP contribution in [0.2, 0.25) is 0 Å². The first-order chi connectivity index (χ1) is 9.37. The Morgan fingerprint density at radius 3 is 2.89 bits per heavy atom. The highest BCUT2D eigenvalue weighted by Gasteiger charge is 2.44. The molecule has 1 aromatic carbocycles. The molecular formula is C16H19NO2. The number of hydrogen-bond acceptors (Lipinski definition) is 3. The van der Waals surface area contributed by atoms with Crippen LogP contribution < -0.4 is 5.32 Å². The first kappa shape index (κ1) is 11.5. The molecule has 3 heteroatoms. The van der Waals surface area contributed by atoms with Crippen molar-refractivity contribution in [3.8, 4) is 0 Å². The Bertz CT molecular complexity index is 579. The van der Waals surface area contributed by atoms with Crippen LogP contribution in [0.1, 0.15) is 18.4 Å². The Morgan fingerprint density at radius 2 is 2.16 bits per heavy atom. The molecule has 0 saturated carbocycles. The summed E-state index contributed by atoms with van der Waals surface area (Å²) < 4.78 is 11.3. The summed E-state index contributed by atoms with van der Waals surface area (Å²) in [5, 5.41) is 4.72. The Balaban J connectivity index is 1.71. The maximum Gasteiger partial charge on any atom is 0.134 e. The zero-order chi connectivity index (χ0) is 12.7. The minimum absolute atomic E-state index is 0.184. The second-order valence-corrected chi connectivity index (χ2v) is 5.98. The van der Waals surface area contributed by atoms with Gasteiger partial charge in [0.15, 0.2) is 0 Å². The van der Waals surface area contributed by atoms with Gasteiger partial charge in [-0.2, -0.15) is 0 Å². The zero-order valence-corrected chi connectivity index (χ0v) is 11.0. The molecule has 4 rings (SSSR count). The van der Waals surface area contributed by atoms with Crippen molar-refractivity contribution in [3.63, 3.8) is 0 Å². The summed E-state index contributed by atoms with van der Waals surface area (Å²) in [6.45, 7) is 3.99. The fraction of sp³-hybridized carbons (Fsp3) is 0.500. The van der Waals surface area contributed by atoms with Crippen LogP contribution in [0.4, 0.5) is 0 Å². The highest BCUT2D eigenvalue weighted by Crippen LogP contribution is 2.43. The number of benzene rings is 1. The molecule has 2 aromatic rings. The standard InChI is InChI=1S/C16H19NO2/c1-2-4-15-13(3-1)14(9-19-15)16(10-18-11-16)7-12-5-6-17-8-12/h1-4,9,12,17H,5-8,10-11H2. The lowest BCUT2D eigenvalue weighted by Gasteiger charge is -2.42. The van der Waals surface area contributed by atoms with Crippen molar-refractivity contribution in [1.29, 1.82) is 0 Å². The van der Waals surface area contributed by atoms with E-state index in [1.54, 1.807) is 0 Å². The molecule has 0 aliphatic carbocycles. The third-order valence-electron chi connectivity index (χ3n) is 4.65. The minimum atomic E-state index is 0.184. The largest absolute Gasteiger partial charge is 0.464 e. The summed E-state index contributed by atoms with van der Waals surface area (Å²) in [4.78, 5) is 0. The normalized spacial score (nSPS) is 25.6. The van der Waals surface area contributed by atoms with Gasteiger partial charge in [0.2, 0.25) is 0 Å². The van der Waals surface area contributed by atoms with E-state index >= 15 is 0 Å². The van der Waals surface area contributed by atoms with Crippen LogP contribution in [0.5, 0.6) is 0 Å². The third-order valence-corrected chi connectivity index (χ3v) is 4.65. The molecule has 100 valence electrons. The lowest BCUT2D eigenvalue weighted by Crippen LogP contribution is -2.48. The van der Waals surface area contributed by atoms with Crippen LogP contribution in [0.3, 0.4) is 0 Å². The Morgan fingerprint density at radius 1 is 1.26 bits per heavy atom.